The summed E-state index contributed by atoms with van der Waals surface area (Å²) in [6.45, 7) is 0. The molecule has 1 heteroatoms. The van der Waals surface area contributed by atoms with E-state index in [1.807, 2.05) is 0 Å². The predicted molar refractivity (Wildman–Crippen MR) is 85.2 cm³/mol. The first-order chi connectivity index (χ1) is 9.93. The van der Waals surface area contributed by atoms with Crippen LogP contribution in [0, 0.1) is 0 Å². The maximum absolute atomic E-state index is 2.37. The molecule has 1 aliphatic carbocycles. The summed E-state index contributed by atoms with van der Waals surface area (Å²) in [6, 6.07) is 17.4. The van der Waals surface area contributed by atoms with Crippen molar-refractivity contribution in [2.24, 2.45) is 0 Å². The molecule has 0 atom stereocenters. The summed E-state index contributed by atoms with van der Waals surface area (Å²) in [5, 5.41) is 8.09. The molecule has 0 bridgehead atoms. The van der Waals surface area contributed by atoms with Crippen molar-refractivity contribution in [1.29, 1.82) is 0 Å². The van der Waals surface area contributed by atoms with Gasteiger partial charge in [0.25, 0.3) is 0 Å². The number of benzene rings is 2. The van der Waals surface area contributed by atoms with Gasteiger partial charge in [0.15, 0.2) is 0 Å². The van der Waals surface area contributed by atoms with Crippen LogP contribution in [0.4, 0.5) is 0 Å². The minimum absolute atomic E-state index is 1.03. The number of aromatic nitrogens is 1. The lowest BCUT2D eigenvalue weighted by Crippen LogP contribution is -2.29. The van der Waals surface area contributed by atoms with Crippen molar-refractivity contribution >= 4 is 39.2 Å². The SMILES string of the molecule is C1=c2c(n3cc4ccccc4c3c3ccccc23)=CC1. The lowest BCUT2D eigenvalue weighted by Gasteiger charge is -2.04. The van der Waals surface area contributed by atoms with E-state index in [-0.39, 0.29) is 0 Å². The summed E-state index contributed by atoms with van der Waals surface area (Å²) in [5.41, 5.74) is 1.33. The first-order valence-electron chi connectivity index (χ1n) is 7.04. The number of fused-ring (bicyclic) bond motifs is 8. The molecule has 0 saturated carbocycles. The van der Waals surface area contributed by atoms with E-state index in [2.05, 4.69) is 71.3 Å². The van der Waals surface area contributed by atoms with Crippen molar-refractivity contribution in [3.63, 3.8) is 0 Å². The summed E-state index contributed by atoms with van der Waals surface area (Å²) in [5.74, 6) is 0. The van der Waals surface area contributed by atoms with E-state index in [1.54, 1.807) is 0 Å². The maximum Gasteiger partial charge on any atom is 0.0613 e. The summed E-state index contributed by atoms with van der Waals surface area (Å²) in [4.78, 5) is 0. The van der Waals surface area contributed by atoms with Crippen LogP contribution in [0.3, 0.4) is 0 Å². The molecule has 1 aliphatic rings. The molecule has 2 aromatic heterocycles. The third-order valence-corrected chi connectivity index (χ3v) is 4.37. The third-order valence-electron chi connectivity index (χ3n) is 4.37. The Bertz CT molecular complexity index is 1110. The van der Waals surface area contributed by atoms with Gasteiger partial charge in [0.1, 0.15) is 0 Å². The summed E-state index contributed by atoms with van der Waals surface area (Å²) in [7, 11) is 0. The Morgan fingerprint density at radius 1 is 0.750 bits per heavy atom. The van der Waals surface area contributed by atoms with E-state index in [0.717, 1.165) is 6.42 Å². The molecule has 94 valence electrons. The second kappa shape index (κ2) is 3.51. The molecule has 1 nitrogen and oxygen atoms in total. The molecule has 0 saturated heterocycles. The number of hydrogen-bond acceptors (Lipinski definition) is 0. The Kier molecular flexibility index (Phi) is 1.80. The highest BCUT2D eigenvalue weighted by Gasteiger charge is 2.11. The first-order valence-corrected chi connectivity index (χ1v) is 7.04. The molecule has 2 aromatic carbocycles. The molecule has 0 radical (unpaired) electrons. The van der Waals surface area contributed by atoms with Crippen LogP contribution in [-0.2, 0) is 0 Å². The molecule has 0 fully saturated rings. The molecule has 5 rings (SSSR count). The Balaban J connectivity index is 2.28. The number of hydrogen-bond donors (Lipinski definition) is 0. The molecule has 20 heavy (non-hydrogen) atoms. The standard InChI is InChI=1S/C19H13N/c1-2-7-14-13(6-1)12-20-18-11-5-10-16(18)15-8-3-4-9-17(15)19(14)20/h1-4,6-12H,5H2. The van der Waals surface area contributed by atoms with Crippen molar-refractivity contribution in [1.82, 2.24) is 4.40 Å². The summed E-state index contributed by atoms with van der Waals surface area (Å²) in [6.07, 6.45) is 7.97. The predicted octanol–water partition coefficient (Wildman–Crippen LogP) is 3.21. The number of pyridine rings is 1. The monoisotopic (exact) mass is 255 g/mol. The molecular weight excluding hydrogens is 242 g/mol. The van der Waals surface area contributed by atoms with E-state index < -0.39 is 0 Å². The summed E-state index contributed by atoms with van der Waals surface area (Å²) >= 11 is 0. The van der Waals surface area contributed by atoms with Gasteiger partial charge in [-0.15, -0.1) is 0 Å². The lowest BCUT2D eigenvalue weighted by atomic mass is 10.1. The van der Waals surface area contributed by atoms with Gasteiger partial charge in [-0.25, -0.2) is 0 Å². The van der Waals surface area contributed by atoms with Gasteiger partial charge in [0.05, 0.1) is 5.52 Å². The van der Waals surface area contributed by atoms with Crippen LogP contribution < -0.4 is 10.6 Å². The van der Waals surface area contributed by atoms with Gasteiger partial charge < -0.3 is 4.40 Å². The van der Waals surface area contributed by atoms with Crippen molar-refractivity contribution < 1.29 is 0 Å². The van der Waals surface area contributed by atoms with Crippen LogP contribution in [0.15, 0.2) is 54.7 Å². The van der Waals surface area contributed by atoms with Gasteiger partial charge in [0, 0.05) is 32.9 Å². The van der Waals surface area contributed by atoms with Crippen molar-refractivity contribution in [2.45, 2.75) is 6.42 Å². The minimum atomic E-state index is 1.03. The zero-order valence-corrected chi connectivity index (χ0v) is 11.0. The van der Waals surface area contributed by atoms with Crippen LogP contribution in [0.1, 0.15) is 6.42 Å². The zero-order valence-electron chi connectivity index (χ0n) is 11.0. The zero-order chi connectivity index (χ0) is 13.1. The topological polar surface area (TPSA) is 4.41 Å². The second-order valence-electron chi connectivity index (χ2n) is 5.42. The second-order valence-corrected chi connectivity index (χ2v) is 5.42. The fourth-order valence-corrected chi connectivity index (χ4v) is 3.53. The quantitative estimate of drug-likeness (QED) is 0.454. The summed E-state index contributed by atoms with van der Waals surface area (Å²) < 4.78 is 2.37. The number of nitrogens with zero attached hydrogens (tertiary/aromatic N) is 1. The highest BCUT2D eigenvalue weighted by Crippen LogP contribution is 2.26. The molecular formula is C19H13N. The molecule has 0 spiro atoms. The van der Waals surface area contributed by atoms with E-state index in [4.69, 9.17) is 0 Å². The molecule has 0 aliphatic heterocycles. The Morgan fingerprint density at radius 2 is 1.50 bits per heavy atom. The third kappa shape index (κ3) is 1.13. The fraction of sp³-hybridized carbons (Fsp3) is 0.0526. The van der Waals surface area contributed by atoms with Gasteiger partial charge >= 0.3 is 0 Å². The van der Waals surface area contributed by atoms with Crippen LogP contribution >= 0.6 is 0 Å². The minimum Gasteiger partial charge on any atom is -0.315 e. The average molecular weight is 255 g/mol. The van der Waals surface area contributed by atoms with Crippen LogP contribution in [0.5, 0.6) is 0 Å². The Hall–Kier alpha value is -2.54. The largest absolute Gasteiger partial charge is 0.315 e. The van der Waals surface area contributed by atoms with E-state index in [0.29, 0.717) is 0 Å². The van der Waals surface area contributed by atoms with E-state index in [1.165, 1.54) is 37.6 Å². The molecule has 4 aromatic rings. The molecule has 2 heterocycles. The molecule has 0 N–H and O–H groups in total. The fourth-order valence-electron chi connectivity index (χ4n) is 3.53. The van der Waals surface area contributed by atoms with E-state index >= 15 is 0 Å². The highest BCUT2D eigenvalue weighted by molar-refractivity contribution is 6.11. The van der Waals surface area contributed by atoms with Gasteiger partial charge in [-0.2, -0.15) is 0 Å². The molecule has 0 unspecified atom stereocenters. The number of rotatable bonds is 0. The van der Waals surface area contributed by atoms with Crippen molar-refractivity contribution in [3.05, 3.63) is 65.3 Å². The maximum atomic E-state index is 2.37. The van der Waals surface area contributed by atoms with Crippen molar-refractivity contribution in [2.75, 3.05) is 0 Å². The van der Waals surface area contributed by atoms with Crippen molar-refractivity contribution in [3.8, 4) is 0 Å². The van der Waals surface area contributed by atoms with E-state index in [9.17, 15) is 0 Å². The van der Waals surface area contributed by atoms with Gasteiger partial charge in [-0.3, -0.25) is 0 Å². The average Bonchev–Trinajstić information content (AvgIpc) is 3.12. The van der Waals surface area contributed by atoms with Gasteiger partial charge in [-0.1, -0.05) is 60.7 Å². The first kappa shape index (κ1) is 10.3. The smallest absolute Gasteiger partial charge is 0.0613 e. The highest BCUT2D eigenvalue weighted by atomic mass is 14.9. The van der Waals surface area contributed by atoms with Crippen LogP contribution in [-0.4, -0.2) is 4.40 Å². The van der Waals surface area contributed by atoms with Crippen LogP contribution in [0.25, 0.3) is 39.2 Å². The normalized spacial score (nSPS) is 13.6. The Labute approximate surface area is 116 Å². The Morgan fingerprint density at radius 3 is 2.40 bits per heavy atom. The van der Waals surface area contributed by atoms with Crippen LogP contribution in [0.2, 0.25) is 0 Å². The van der Waals surface area contributed by atoms with Gasteiger partial charge in [0.2, 0.25) is 0 Å². The lowest BCUT2D eigenvalue weighted by molar-refractivity contribution is 1.14. The molecule has 0 amide bonds. The van der Waals surface area contributed by atoms with Gasteiger partial charge in [-0.05, 0) is 11.8 Å².